The van der Waals surface area contributed by atoms with Gasteiger partial charge in [0.2, 0.25) is 0 Å². The van der Waals surface area contributed by atoms with Gasteiger partial charge in [0.25, 0.3) is 11.8 Å². The molecule has 5 heteroatoms. The van der Waals surface area contributed by atoms with E-state index in [4.69, 9.17) is 0 Å². The number of nitrogens with zero attached hydrogens (tertiary/aromatic N) is 1. The summed E-state index contributed by atoms with van der Waals surface area (Å²) in [4.78, 5) is 30.1. The van der Waals surface area contributed by atoms with E-state index < -0.39 is 0 Å². The second kappa shape index (κ2) is 7.08. The van der Waals surface area contributed by atoms with Gasteiger partial charge in [-0.1, -0.05) is 78.9 Å². The Morgan fingerprint density at radius 2 is 1.32 bits per heavy atom. The number of benzene rings is 5. The minimum atomic E-state index is -0.337. The zero-order chi connectivity index (χ0) is 24.8. The molecule has 176 valence electrons. The number of H-pyrrole nitrogens is 1. The van der Waals surface area contributed by atoms with E-state index in [2.05, 4.69) is 76.4 Å². The highest BCUT2D eigenvalue weighted by atomic mass is 16.2. The van der Waals surface area contributed by atoms with Crippen LogP contribution in [0.2, 0.25) is 0 Å². The second-order valence-corrected chi connectivity index (χ2v) is 9.81. The maximum absolute atomic E-state index is 13.3. The molecule has 0 spiro atoms. The third-order valence-corrected chi connectivity index (χ3v) is 7.95. The van der Waals surface area contributed by atoms with Gasteiger partial charge in [-0.25, -0.2) is 0 Å². The van der Waals surface area contributed by atoms with Crippen molar-refractivity contribution in [1.29, 1.82) is 0 Å². The van der Waals surface area contributed by atoms with Crippen LogP contribution in [0.25, 0.3) is 54.4 Å². The van der Waals surface area contributed by atoms with Crippen LogP contribution in [0.15, 0.2) is 91.0 Å². The number of aromatic amines is 1. The van der Waals surface area contributed by atoms with Crippen molar-refractivity contribution < 1.29 is 9.59 Å². The molecule has 2 aromatic heterocycles. The normalized spacial score (nSPS) is 14.3. The fourth-order valence-corrected chi connectivity index (χ4v) is 6.43. The van der Waals surface area contributed by atoms with Gasteiger partial charge in [0, 0.05) is 32.6 Å². The zero-order valence-corrected chi connectivity index (χ0v) is 20.0. The third-order valence-electron chi connectivity index (χ3n) is 7.95. The van der Waals surface area contributed by atoms with Crippen LogP contribution in [0.4, 0.5) is 0 Å². The maximum Gasteiger partial charge on any atom is 0.259 e. The van der Waals surface area contributed by atoms with Gasteiger partial charge < -0.3 is 9.55 Å². The molecule has 1 unspecified atom stereocenters. The molecule has 0 bridgehead atoms. The van der Waals surface area contributed by atoms with Crippen molar-refractivity contribution in [3.8, 4) is 0 Å². The van der Waals surface area contributed by atoms with Crippen molar-refractivity contribution in [3.63, 3.8) is 0 Å². The summed E-state index contributed by atoms with van der Waals surface area (Å²) in [6.07, 6.45) is 0. The van der Waals surface area contributed by atoms with E-state index in [1.165, 1.54) is 16.3 Å². The molecule has 1 aliphatic rings. The molecule has 0 aliphatic carbocycles. The average molecular weight is 480 g/mol. The van der Waals surface area contributed by atoms with Crippen molar-refractivity contribution in [2.45, 2.75) is 13.0 Å². The molecule has 5 nitrogen and oxygen atoms in total. The van der Waals surface area contributed by atoms with Gasteiger partial charge >= 0.3 is 0 Å². The minimum Gasteiger partial charge on any atom is -0.353 e. The summed E-state index contributed by atoms with van der Waals surface area (Å²) in [6, 6.07) is 31.0. The fourth-order valence-electron chi connectivity index (χ4n) is 6.43. The zero-order valence-electron chi connectivity index (χ0n) is 20.0. The van der Waals surface area contributed by atoms with Crippen LogP contribution in [0, 0.1) is 0 Å². The molecule has 0 saturated heterocycles. The molecule has 8 rings (SSSR count). The van der Waals surface area contributed by atoms with E-state index in [9.17, 15) is 9.59 Å². The average Bonchev–Trinajstić information content (AvgIpc) is 3.57. The lowest BCUT2D eigenvalue weighted by molar-refractivity contribution is 0.0880. The second-order valence-electron chi connectivity index (χ2n) is 9.81. The van der Waals surface area contributed by atoms with Crippen LogP contribution in [0.5, 0.6) is 0 Å². The van der Waals surface area contributed by atoms with E-state index in [1.807, 2.05) is 36.4 Å². The number of carbonyl (C=O) groups excluding carboxylic acids is 2. The number of amides is 2. The molecule has 0 radical (unpaired) electrons. The van der Waals surface area contributed by atoms with Gasteiger partial charge in [0.15, 0.2) is 0 Å². The number of fused-ring (bicyclic) bond motifs is 11. The highest BCUT2D eigenvalue weighted by molar-refractivity contribution is 6.39. The smallest absolute Gasteiger partial charge is 0.259 e. The Bertz CT molecular complexity index is 2120. The molecule has 7 aromatic rings. The molecule has 5 aromatic carbocycles. The quantitative estimate of drug-likeness (QED) is 0.260. The van der Waals surface area contributed by atoms with E-state index >= 15 is 0 Å². The predicted molar refractivity (Wildman–Crippen MR) is 148 cm³/mol. The first-order chi connectivity index (χ1) is 18.1. The number of imide groups is 1. The molecular formula is C32H21N3O2. The van der Waals surface area contributed by atoms with Gasteiger partial charge in [0.1, 0.15) is 0 Å². The Morgan fingerprint density at radius 3 is 2.16 bits per heavy atom. The van der Waals surface area contributed by atoms with Gasteiger partial charge in [-0.2, -0.15) is 0 Å². The van der Waals surface area contributed by atoms with Crippen molar-refractivity contribution in [2.24, 2.45) is 0 Å². The summed E-state index contributed by atoms with van der Waals surface area (Å²) in [7, 11) is 0. The minimum absolute atomic E-state index is 0.0404. The first-order valence-corrected chi connectivity index (χ1v) is 12.5. The van der Waals surface area contributed by atoms with E-state index in [0.717, 1.165) is 43.6 Å². The number of aromatic nitrogens is 2. The van der Waals surface area contributed by atoms with E-state index in [-0.39, 0.29) is 17.9 Å². The highest BCUT2D eigenvalue weighted by Crippen LogP contribution is 2.45. The predicted octanol–water partition coefficient (Wildman–Crippen LogP) is 7.08. The van der Waals surface area contributed by atoms with Gasteiger partial charge in [0.05, 0.1) is 28.2 Å². The first kappa shape index (κ1) is 20.3. The first-order valence-electron chi connectivity index (χ1n) is 12.5. The van der Waals surface area contributed by atoms with Crippen molar-refractivity contribution in [2.75, 3.05) is 0 Å². The fraction of sp³-hybridized carbons (Fsp3) is 0.0625. The number of hydrogen-bond acceptors (Lipinski definition) is 2. The lowest BCUT2D eigenvalue weighted by atomic mass is 9.96. The van der Waals surface area contributed by atoms with Crippen molar-refractivity contribution in [3.05, 3.63) is 108 Å². The summed E-state index contributed by atoms with van der Waals surface area (Å²) in [5, 5.41) is 8.49. The standard InChI is InChI=1S/C32H21N3O2/c1-17(19-14-8-10-18-9-2-3-11-20(18)19)35-24-16-7-5-13-22(24)26-28-27(31(36)34-32(28)37)25-21-12-4-6-15-23(21)33-29(25)30(26)35/h2-17,33H,1H3,(H,34,36,37). The summed E-state index contributed by atoms with van der Waals surface area (Å²) >= 11 is 0. The topological polar surface area (TPSA) is 66.9 Å². The number of hydrogen-bond donors (Lipinski definition) is 2. The Kier molecular flexibility index (Phi) is 3.88. The molecule has 3 heterocycles. The van der Waals surface area contributed by atoms with Gasteiger partial charge in [-0.3, -0.25) is 14.9 Å². The van der Waals surface area contributed by atoms with Crippen LogP contribution >= 0.6 is 0 Å². The molecule has 1 atom stereocenters. The SMILES string of the molecule is CC(c1cccc2ccccc12)n1c2ccccc2c2c3c(c4c5ccccc5[nH]c4c21)C(=O)NC3=O. The number of nitrogens with one attached hydrogen (secondary N) is 2. The lowest BCUT2D eigenvalue weighted by Crippen LogP contribution is -2.20. The molecular weight excluding hydrogens is 458 g/mol. The van der Waals surface area contributed by atoms with Crippen LogP contribution in [-0.2, 0) is 0 Å². The number of carbonyl (C=O) groups is 2. The highest BCUT2D eigenvalue weighted by Gasteiger charge is 2.36. The molecule has 2 amide bonds. The summed E-state index contributed by atoms with van der Waals surface area (Å²) < 4.78 is 2.33. The third kappa shape index (κ3) is 2.53. The Morgan fingerprint density at radius 1 is 0.676 bits per heavy atom. The molecule has 0 saturated carbocycles. The van der Waals surface area contributed by atoms with Crippen LogP contribution in [-0.4, -0.2) is 21.4 Å². The van der Waals surface area contributed by atoms with Crippen molar-refractivity contribution >= 4 is 66.2 Å². The Hall–Kier alpha value is -4.90. The molecule has 0 fully saturated rings. The Labute approximate surface area is 211 Å². The summed E-state index contributed by atoms with van der Waals surface area (Å²) in [5.74, 6) is -0.673. The molecule has 1 aliphatic heterocycles. The van der Waals surface area contributed by atoms with E-state index in [0.29, 0.717) is 11.1 Å². The largest absolute Gasteiger partial charge is 0.353 e. The van der Waals surface area contributed by atoms with Gasteiger partial charge in [-0.05, 0) is 35.4 Å². The monoisotopic (exact) mass is 479 g/mol. The number of para-hydroxylation sites is 2. The summed E-state index contributed by atoms with van der Waals surface area (Å²) in [6.45, 7) is 2.21. The van der Waals surface area contributed by atoms with Crippen LogP contribution in [0.1, 0.15) is 39.2 Å². The van der Waals surface area contributed by atoms with Crippen LogP contribution in [0.3, 0.4) is 0 Å². The summed E-state index contributed by atoms with van der Waals surface area (Å²) in [5.41, 5.74) is 5.92. The number of rotatable bonds is 2. The molecule has 2 N–H and O–H groups in total. The maximum atomic E-state index is 13.3. The Balaban J connectivity index is 1.62. The van der Waals surface area contributed by atoms with Gasteiger partial charge in [-0.15, -0.1) is 0 Å². The van der Waals surface area contributed by atoms with E-state index in [1.54, 1.807) is 0 Å². The molecule has 37 heavy (non-hydrogen) atoms. The lowest BCUT2D eigenvalue weighted by Gasteiger charge is -2.20. The van der Waals surface area contributed by atoms with Crippen LogP contribution < -0.4 is 5.32 Å². The van der Waals surface area contributed by atoms with Crippen molar-refractivity contribution in [1.82, 2.24) is 14.9 Å².